The second kappa shape index (κ2) is 12.3. The van der Waals surface area contributed by atoms with Crippen molar-refractivity contribution in [1.29, 1.82) is 0 Å². The molecule has 5 fully saturated rings. The van der Waals surface area contributed by atoms with Crippen molar-refractivity contribution >= 4 is 11.9 Å². The summed E-state index contributed by atoms with van der Waals surface area (Å²) in [5.41, 5.74) is -0.559. The van der Waals surface area contributed by atoms with E-state index in [1.165, 1.54) is 6.92 Å². The molecular weight excluding hydrogens is 560 g/mol. The summed E-state index contributed by atoms with van der Waals surface area (Å²) < 4.78 is 29.1. The summed E-state index contributed by atoms with van der Waals surface area (Å²) in [4.78, 5) is 24.2. The van der Waals surface area contributed by atoms with Gasteiger partial charge >= 0.3 is 11.9 Å². The molecule has 6 rings (SSSR count). The molecule has 4 aliphatic carbocycles. The Morgan fingerprint density at radius 1 is 1.05 bits per heavy atom. The van der Waals surface area contributed by atoms with Crippen LogP contribution in [-0.2, 0) is 33.3 Å². The van der Waals surface area contributed by atoms with Gasteiger partial charge in [0.15, 0.2) is 6.29 Å². The van der Waals surface area contributed by atoms with Crippen molar-refractivity contribution in [3.05, 3.63) is 11.6 Å². The van der Waals surface area contributed by atoms with Crippen molar-refractivity contribution in [2.75, 3.05) is 13.7 Å². The van der Waals surface area contributed by atoms with Crippen LogP contribution in [0.1, 0.15) is 85.5 Å². The predicted octanol–water partition coefficient (Wildman–Crippen LogP) is 2.03. The van der Waals surface area contributed by atoms with Gasteiger partial charge in [-0.05, 0) is 80.6 Å². The average Bonchev–Trinajstić information content (AvgIpc) is 3.42. The quantitative estimate of drug-likeness (QED) is 0.346. The first-order chi connectivity index (χ1) is 19.4. The summed E-state index contributed by atoms with van der Waals surface area (Å²) in [5, 5.41) is 23.0. The smallest absolute Gasteiger partial charge is 0.331 e. The molecule has 11 heteroatoms. The second-order valence-electron chi connectivity index (χ2n) is 14.3. The molecule has 11 nitrogen and oxygen atoms in total. The molecule has 2 aliphatic heterocycles. The summed E-state index contributed by atoms with van der Waals surface area (Å²) in [6.45, 7) is 8.06. The Kier molecular flexibility index (Phi) is 9.81. The number of esters is 2. The van der Waals surface area contributed by atoms with E-state index in [1.807, 2.05) is 6.92 Å². The van der Waals surface area contributed by atoms with Crippen molar-refractivity contribution in [1.82, 2.24) is 0 Å². The Morgan fingerprint density at radius 3 is 2.44 bits per heavy atom. The zero-order valence-electron chi connectivity index (χ0n) is 26.2. The number of ether oxygens (including phenoxy) is 5. The number of methoxy groups -OCH3 is 1. The Bertz CT molecular complexity index is 1080. The first kappa shape index (κ1) is 34.3. The lowest BCUT2D eigenvalue weighted by Gasteiger charge is -2.63. The molecule has 246 valence electrons. The van der Waals surface area contributed by atoms with E-state index < -0.39 is 23.2 Å². The minimum atomic E-state index is -0.990. The van der Waals surface area contributed by atoms with Crippen LogP contribution in [-0.4, -0.2) is 89.2 Å². The lowest BCUT2D eigenvalue weighted by Crippen LogP contribution is -2.62. The number of fused-ring (bicyclic) bond motifs is 5. The Morgan fingerprint density at radius 2 is 1.79 bits per heavy atom. The van der Waals surface area contributed by atoms with Crippen LogP contribution < -0.4 is 0 Å². The van der Waals surface area contributed by atoms with E-state index in [1.54, 1.807) is 13.2 Å². The molecule has 2 heterocycles. The SMILES string of the molecule is CO[C@@H]1C[C@@H](O[C@@H]2CC[C@]3(C)[C@@H](CC[C@H]4[C@H]3CC[C@@]3(C)[C@H](C5=CC(=O)OC5)[C@H](OC(C)=O)C[C@@]43O)C2)O[C@H](C)[C@H]1O.O.O. The summed E-state index contributed by atoms with van der Waals surface area (Å²) in [6.07, 6.45) is 7.14. The number of rotatable bonds is 5. The maximum absolute atomic E-state index is 12.7. The minimum absolute atomic E-state index is 0. The highest BCUT2D eigenvalue weighted by Crippen LogP contribution is 2.70. The van der Waals surface area contributed by atoms with E-state index in [-0.39, 0.29) is 71.4 Å². The highest BCUT2D eigenvalue weighted by Gasteiger charge is 2.71. The summed E-state index contributed by atoms with van der Waals surface area (Å²) in [6, 6.07) is 0. The van der Waals surface area contributed by atoms with Gasteiger partial charge in [0.1, 0.15) is 18.8 Å². The van der Waals surface area contributed by atoms with Gasteiger partial charge in [-0.2, -0.15) is 0 Å². The highest BCUT2D eigenvalue weighted by atomic mass is 16.7. The largest absolute Gasteiger partial charge is 0.462 e. The molecule has 4 saturated carbocycles. The van der Waals surface area contributed by atoms with Gasteiger partial charge in [0, 0.05) is 44.3 Å². The van der Waals surface area contributed by atoms with Gasteiger partial charge in [-0.1, -0.05) is 13.8 Å². The van der Waals surface area contributed by atoms with E-state index in [4.69, 9.17) is 23.7 Å². The van der Waals surface area contributed by atoms with E-state index in [9.17, 15) is 19.8 Å². The molecule has 0 radical (unpaired) electrons. The van der Waals surface area contributed by atoms with Crippen LogP contribution in [0.15, 0.2) is 11.6 Å². The molecule has 0 aromatic rings. The molecule has 0 aromatic heterocycles. The molecule has 43 heavy (non-hydrogen) atoms. The standard InChI is InChI=1S/C32H48O9.2H2O/c1-17-29(35)24(37-5)14-27(39-17)41-21-8-10-30(3)20(13-21)6-7-23-22(30)9-11-31(4)28(19-12-26(34)38-16-19)25(40-18(2)33)15-32(23,31)36;;/h12,17,20-25,27-29,35-36H,6-11,13-16H2,1-5H3;2*1H2/t17-,20+,21-,22-,23+,24-,25-,27-,28-,29-,30-,31+,32-;;/m1../s1. The number of aliphatic hydroxyl groups excluding tert-OH is 1. The molecular formula is C32H52O11. The number of cyclic esters (lactones) is 1. The topological polar surface area (TPSA) is 184 Å². The maximum atomic E-state index is 12.7. The van der Waals surface area contributed by atoms with E-state index in [0.717, 1.165) is 50.5 Å². The van der Waals surface area contributed by atoms with Crippen LogP contribution in [0, 0.1) is 34.5 Å². The maximum Gasteiger partial charge on any atom is 0.331 e. The van der Waals surface area contributed by atoms with Crippen LogP contribution >= 0.6 is 0 Å². The van der Waals surface area contributed by atoms with Gasteiger partial charge in [0.2, 0.25) is 0 Å². The molecule has 0 aromatic carbocycles. The number of carbonyl (C=O) groups excluding carboxylic acids is 2. The van der Waals surface area contributed by atoms with Crippen LogP contribution in [0.2, 0.25) is 0 Å². The highest BCUT2D eigenvalue weighted by molar-refractivity contribution is 5.85. The fourth-order valence-electron chi connectivity index (χ4n) is 10.4. The van der Waals surface area contributed by atoms with Crippen molar-refractivity contribution in [3.8, 4) is 0 Å². The van der Waals surface area contributed by atoms with Gasteiger partial charge in [0.05, 0.1) is 23.9 Å². The van der Waals surface area contributed by atoms with Gasteiger partial charge in [-0.25, -0.2) is 4.79 Å². The van der Waals surface area contributed by atoms with Crippen molar-refractivity contribution < 1.29 is 54.4 Å². The molecule has 1 saturated heterocycles. The lowest BCUT2D eigenvalue weighted by molar-refractivity contribution is -0.273. The van der Waals surface area contributed by atoms with Crippen molar-refractivity contribution in [3.63, 3.8) is 0 Å². The van der Waals surface area contributed by atoms with Crippen molar-refractivity contribution in [2.24, 2.45) is 34.5 Å². The molecule has 13 atom stereocenters. The van der Waals surface area contributed by atoms with Crippen LogP contribution in [0.4, 0.5) is 0 Å². The van der Waals surface area contributed by atoms with Gasteiger partial charge < -0.3 is 44.8 Å². The van der Waals surface area contributed by atoms with E-state index >= 15 is 0 Å². The Labute approximate surface area is 254 Å². The van der Waals surface area contributed by atoms with Crippen LogP contribution in [0.3, 0.4) is 0 Å². The second-order valence-corrected chi connectivity index (χ2v) is 14.3. The number of hydrogen-bond acceptors (Lipinski definition) is 9. The fraction of sp³-hybridized carbons (Fsp3) is 0.875. The first-order valence-electron chi connectivity index (χ1n) is 15.7. The van der Waals surface area contributed by atoms with Crippen LogP contribution in [0.25, 0.3) is 0 Å². The average molecular weight is 613 g/mol. The van der Waals surface area contributed by atoms with Gasteiger partial charge in [0.25, 0.3) is 0 Å². The third kappa shape index (κ3) is 5.47. The Balaban J connectivity index is 0.00000212. The number of carbonyl (C=O) groups is 2. The van der Waals surface area contributed by atoms with Gasteiger partial charge in [-0.3, -0.25) is 4.79 Å². The summed E-state index contributed by atoms with van der Waals surface area (Å²) >= 11 is 0. The molecule has 0 amide bonds. The van der Waals surface area contributed by atoms with Crippen molar-refractivity contribution in [2.45, 2.75) is 128 Å². The molecule has 6 aliphatic rings. The molecule has 0 bridgehead atoms. The normalized spacial score (nSPS) is 48.8. The zero-order chi connectivity index (χ0) is 29.3. The number of hydrogen-bond donors (Lipinski definition) is 2. The van der Waals surface area contributed by atoms with E-state index in [2.05, 4.69) is 13.8 Å². The van der Waals surface area contributed by atoms with Gasteiger partial charge in [-0.15, -0.1) is 0 Å². The Hall–Kier alpha value is -1.60. The van der Waals surface area contributed by atoms with E-state index in [0.29, 0.717) is 24.7 Å². The fourth-order valence-corrected chi connectivity index (χ4v) is 10.4. The molecule has 6 N–H and O–H groups in total. The summed E-state index contributed by atoms with van der Waals surface area (Å²) in [7, 11) is 1.62. The van der Waals surface area contributed by atoms with Crippen LogP contribution in [0.5, 0.6) is 0 Å². The minimum Gasteiger partial charge on any atom is -0.462 e. The lowest BCUT2D eigenvalue weighted by atomic mass is 9.43. The monoisotopic (exact) mass is 612 g/mol. The first-order valence-corrected chi connectivity index (χ1v) is 15.7. The molecule has 0 spiro atoms. The molecule has 0 unspecified atom stereocenters. The third-order valence-electron chi connectivity index (χ3n) is 12.5. The number of aliphatic hydroxyl groups is 2. The summed E-state index contributed by atoms with van der Waals surface area (Å²) in [5.74, 6) is 0.0175. The zero-order valence-corrected chi connectivity index (χ0v) is 26.2. The predicted molar refractivity (Wildman–Crippen MR) is 155 cm³/mol. The third-order valence-corrected chi connectivity index (χ3v) is 12.5.